The predicted octanol–water partition coefficient (Wildman–Crippen LogP) is 3.08. The number of carbonyl (C=O) groups excluding carboxylic acids is 1. The van der Waals surface area contributed by atoms with Crippen molar-refractivity contribution in [2.45, 2.75) is 6.92 Å². The van der Waals surface area contributed by atoms with Gasteiger partial charge in [0.1, 0.15) is 0 Å². The average molecular weight is 315 g/mol. The maximum atomic E-state index is 11.3. The Bertz CT molecular complexity index is 714. The highest BCUT2D eigenvalue weighted by atomic mass is 35.5. The van der Waals surface area contributed by atoms with E-state index in [1.807, 2.05) is 42.5 Å². The van der Waals surface area contributed by atoms with Crippen LogP contribution in [0.25, 0.3) is 11.1 Å². The Kier molecular flexibility index (Phi) is 4.91. The smallest absolute Gasteiger partial charge is 0.246 e. The summed E-state index contributed by atoms with van der Waals surface area (Å²) in [6.07, 6.45) is 1.40. The minimum atomic E-state index is -0.444. The molecule has 0 bridgehead atoms. The van der Waals surface area contributed by atoms with Gasteiger partial charge < -0.3 is 5.73 Å². The fourth-order valence-electron chi connectivity index (χ4n) is 1.88. The standard InChI is InChI=1S/C16H15ClN4O/c1-11(22)21(16(18)19)20-10-14-8-7-13(9-15(14)17)12-5-3-2-4-6-12/h2-10H,1H3,(H3,18,19)/b20-10+. The number of rotatable bonds is 3. The summed E-state index contributed by atoms with van der Waals surface area (Å²) in [6.45, 7) is 1.28. The second kappa shape index (κ2) is 6.87. The molecule has 112 valence electrons. The molecule has 3 N–H and O–H groups in total. The van der Waals surface area contributed by atoms with Crippen LogP contribution in [-0.2, 0) is 4.79 Å². The Morgan fingerprint density at radius 1 is 1.23 bits per heavy atom. The number of nitrogens with two attached hydrogens (primary N) is 1. The molecule has 2 rings (SSSR count). The van der Waals surface area contributed by atoms with Gasteiger partial charge in [-0.1, -0.05) is 54.1 Å². The van der Waals surface area contributed by atoms with Gasteiger partial charge in [0, 0.05) is 12.5 Å². The molecule has 0 radical (unpaired) electrons. The Balaban J connectivity index is 2.27. The van der Waals surface area contributed by atoms with Gasteiger partial charge in [-0.05, 0) is 17.2 Å². The lowest BCUT2D eigenvalue weighted by atomic mass is 10.0. The number of nitrogens with one attached hydrogen (secondary N) is 1. The lowest BCUT2D eigenvalue weighted by Gasteiger charge is -2.11. The van der Waals surface area contributed by atoms with Crippen molar-refractivity contribution in [3.8, 4) is 11.1 Å². The summed E-state index contributed by atoms with van der Waals surface area (Å²) < 4.78 is 0. The fourth-order valence-corrected chi connectivity index (χ4v) is 2.10. The number of hydrogen-bond acceptors (Lipinski definition) is 3. The van der Waals surface area contributed by atoms with Crippen molar-refractivity contribution in [1.29, 1.82) is 5.41 Å². The van der Waals surface area contributed by atoms with Gasteiger partial charge in [-0.25, -0.2) is 0 Å². The number of halogens is 1. The maximum absolute atomic E-state index is 11.3. The number of guanidine groups is 1. The van der Waals surface area contributed by atoms with E-state index in [0.717, 1.165) is 16.1 Å². The zero-order chi connectivity index (χ0) is 16.1. The first-order chi connectivity index (χ1) is 10.5. The zero-order valence-electron chi connectivity index (χ0n) is 12.0. The number of nitrogens with zero attached hydrogens (tertiary/aromatic N) is 2. The van der Waals surface area contributed by atoms with E-state index in [0.29, 0.717) is 10.6 Å². The molecule has 0 saturated heterocycles. The van der Waals surface area contributed by atoms with Crippen LogP contribution in [0.5, 0.6) is 0 Å². The molecule has 0 aromatic heterocycles. The van der Waals surface area contributed by atoms with Crippen molar-refractivity contribution in [3.63, 3.8) is 0 Å². The second-order valence-corrected chi connectivity index (χ2v) is 4.97. The molecule has 0 heterocycles. The van der Waals surface area contributed by atoms with Crippen LogP contribution in [0.2, 0.25) is 5.02 Å². The second-order valence-electron chi connectivity index (χ2n) is 4.56. The van der Waals surface area contributed by atoms with Crippen LogP contribution in [0.3, 0.4) is 0 Å². The van der Waals surface area contributed by atoms with Gasteiger partial charge in [0.25, 0.3) is 0 Å². The van der Waals surface area contributed by atoms with E-state index >= 15 is 0 Å². The SMILES string of the molecule is CC(=O)N(/N=C/c1ccc(-c2ccccc2)cc1Cl)C(=N)N. The normalized spacial score (nSPS) is 10.6. The van der Waals surface area contributed by atoms with Crippen LogP contribution in [0.15, 0.2) is 53.6 Å². The number of carbonyl (C=O) groups is 1. The lowest BCUT2D eigenvalue weighted by molar-refractivity contribution is -0.125. The number of amides is 1. The third kappa shape index (κ3) is 3.71. The van der Waals surface area contributed by atoms with Crippen molar-refractivity contribution < 1.29 is 4.79 Å². The van der Waals surface area contributed by atoms with Gasteiger partial charge in [-0.3, -0.25) is 10.2 Å². The van der Waals surface area contributed by atoms with Crippen LogP contribution in [0.1, 0.15) is 12.5 Å². The molecule has 6 heteroatoms. The summed E-state index contributed by atoms with van der Waals surface area (Å²) in [5.41, 5.74) is 7.96. The van der Waals surface area contributed by atoms with Crippen LogP contribution in [0, 0.1) is 5.41 Å². The molecule has 0 fully saturated rings. The predicted molar refractivity (Wildman–Crippen MR) is 88.9 cm³/mol. The topological polar surface area (TPSA) is 82.5 Å². The summed E-state index contributed by atoms with van der Waals surface area (Å²) in [5, 5.41) is 12.5. The molecule has 0 unspecified atom stereocenters. The summed E-state index contributed by atoms with van der Waals surface area (Å²) in [7, 11) is 0. The molecular formula is C16H15ClN4O. The zero-order valence-corrected chi connectivity index (χ0v) is 12.7. The van der Waals surface area contributed by atoms with Crippen LogP contribution in [-0.4, -0.2) is 23.1 Å². The van der Waals surface area contributed by atoms with Gasteiger partial charge >= 0.3 is 0 Å². The Morgan fingerprint density at radius 3 is 2.45 bits per heavy atom. The first kappa shape index (κ1) is 15.7. The van der Waals surface area contributed by atoms with Crippen molar-refractivity contribution in [1.82, 2.24) is 5.01 Å². The van der Waals surface area contributed by atoms with Crippen molar-refractivity contribution in [2.24, 2.45) is 10.8 Å². The largest absolute Gasteiger partial charge is 0.368 e. The van der Waals surface area contributed by atoms with E-state index in [1.165, 1.54) is 13.1 Å². The summed E-state index contributed by atoms with van der Waals surface area (Å²) in [5.74, 6) is -0.887. The highest BCUT2D eigenvalue weighted by molar-refractivity contribution is 6.33. The van der Waals surface area contributed by atoms with Gasteiger partial charge in [0.2, 0.25) is 11.9 Å². The monoisotopic (exact) mass is 314 g/mol. The molecule has 0 aliphatic heterocycles. The third-order valence-electron chi connectivity index (χ3n) is 2.95. The molecule has 0 spiro atoms. The van der Waals surface area contributed by atoms with Gasteiger partial charge in [0.15, 0.2) is 0 Å². The minimum Gasteiger partial charge on any atom is -0.368 e. The van der Waals surface area contributed by atoms with Crippen molar-refractivity contribution >= 4 is 29.7 Å². The third-order valence-corrected chi connectivity index (χ3v) is 3.27. The van der Waals surface area contributed by atoms with Crippen molar-refractivity contribution in [3.05, 3.63) is 59.1 Å². The molecule has 1 amide bonds. The first-order valence-corrected chi connectivity index (χ1v) is 6.90. The van der Waals surface area contributed by atoms with E-state index in [-0.39, 0.29) is 0 Å². The molecule has 0 saturated carbocycles. The van der Waals surface area contributed by atoms with E-state index in [1.54, 1.807) is 6.07 Å². The van der Waals surface area contributed by atoms with Gasteiger partial charge in [-0.2, -0.15) is 10.1 Å². The van der Waals surface area contributed by atoms with E-state index in [4.69, 9.17) is 22.7 Å². The first-order valence-electron chi connectivity index (χ1n) is 6.52. The van der Waals surface area contributed by atoms with Gasteiger partial charge in [0.05, 0.1) is 11.2 Å². The van der Waals surface area contributed by atoms with Crippen LogP contribution >= 0.6 is 11.6 Å². The minimum absolute atomic E-state index is 0.444. The molecule has 2 aromatic carbocycles. The molecule has 22 heavy (non-hydrogen) atoms. The highest BCUT2D eigenvalue weighted by Gasteiger charge is 2.09. The molecule has 0 aliphatic rings. The molecule has 5 nitrogen and oxygen atoms in total. The molecule has 0 aliphatic carbocycles. The van der Waals surface area contributed by atoms with E-state index < -0.39 is 11.9 Å². The molecule has 2 aromatic rings. The van der Waals surface area contributed by atoms with Crippen LogP contribution in [0.4, 0.5) is 0 Å². The molecule has 0 atom stereocenters. The van der Waals surface area contributed by atoms with Crippen molar-refractivity contribution in [2.75, 3.05) is 0 Å². The van der Waals surface area contributed by atoms with Gasteiger partial charge in [-0.15, -0.1) is 0 Å². The summed E-state index contributed by atoms with van der Waals surface area (Å²) in [6, 6.07) is 15.4. The Labute approximate surface area is 133 Å². The Morgan fingerprint density at radius 2 is 1.91 bits per heavy atom. The number of hydrogen-bond donors (Lipinski definition) is 2. The quantitative estimate of drug-likeness (QED) is 0.518. The number of hydrazone groups is 1. The summed E-state index contributed by atoms with van der Waals surface area (Å²) in [4.78, 5) is 11.3. The maximum Gasteiger partial charge on any atom is 0.246 e. The Hall–Kier alpha value is -2.66. The highest BCUT2D eigenvalue weighted by Crippen LogP contribution is 2.24. The fraction of sp³-hybridized carbons (Fsp3) is 0.0625. The lowest BCUT2D eigenvalue weighted by Crippen LogP contribution is -2.35. The van der Waals surface area contributed by atoms with E-state index in [9.17, 15) is 4.79 Å². The van der Waals surface area contributed by atoms with E-state index in [2.05, 4.69) is 5.10 Å². The average Bonchev–Trinajstić information content (AvgIpc) is 2.49. The van der Waals surface area contributed by atoms with Crippen LogP contribution < -0.4 is 5.73 Å². The number of benzene rings is 2. The molecular weight excluding hydrogens is 300 g/mol. The summed E-state index contributed by atoms with van der Waals surface area (Å²) >= 11 is 6.24.